The molecule has 0 fully saturated rings. The minimum absolute atomic E-state index is 0.701. The monoisotopic (exact) mass is 340 g/mol. The molecule has 0 spiro atoms. The summed E-state index contributed by atoms with van der Waals surface area (Å²) in [5, 5.41) is 7.61. The van der Waals surface area contributed by atoms with Crippen LogP contribution in [0.25, 0.3) is 0 Å². The summed E-state index contributed by atoms with van der Waals surface area (Å²) in [7, 11) is 0. The highest BCUT2D eigenvalue weighted by Crippen LogP contribution is 2.14. The van der Waals surface area contributed by atoms with Gasteiger partial charge in [-0.3, -0.25) is 0 Å². The fourth-order valence-electron chi connectivity index (χ4n) is 3.66. The molecular formula is C22H48N2. The fourth-order valence-corrected chi connectivity index (χ4v) is 3.66. The second-order valence-electron chi connectivity index (χ2n) is 9.53. The van der Waals surface area contributed by atoms with Gasteiger partial charge >= 0.3 is 0 Å². The third kappa shape index (κ3) is 15.4. The lowest BCUT2D eigenvalue weighted by Gasteiger charge is -2.24. The highest BCUT2D eigenvalue weighted by molar-refractivity contribution is 4.72. The molecule has 0 bridgehead atoms. The van der Waals surface area contributed by atoms with Crippen molar-refractivity contribution < 1.29 is 0 Å². The van der Waals surface area contributed by atoms with E-state index < -0.39 is 0 Å². The van der Waals surface area contributed by atoms with Crippen LogP contribution in [0, 0.1) is 23.7 Å². The number of nitrogens with one attached hydrogen (secondary N) is 2. The van der Waals surface area contributed by atoms with Gasteiger partial charge < -0.3 is 10.6 Å². The largest absolute Gasteiger partial charge is 0.314 e. The van der Waals surface area contributed by atoms with Crippen LogP contribution in [0.3, 0.4) is 0 Å². The molecule has 2 N–H and O–H groups in total. The van der Waals surface area contributed by atoms with E-state index in [-0.39, 0.29) is 0 Å². The van der Waals surface area contributed by atoms with Gasteiger partial charge in [-0.25, -0.2) is 0 Å². The Bertz CT molecular complexity index is 223. The average molecular weight is 341 g/mol. The van der Waals surface area contributed by atoms with E-state index >= 15 is 0 Å². The second-order valence-corrected chi connectivity index (χ2v) is 9.53. The van der Waals surface area contributed by atoms with Crippen LogP contribution >= 0.6 is 0 Å². The van der Waals surface area contributed by atoms with Crippen molar-refractivity contribution in [2.45, 2.75) is 106 Å². The summed E-state index contributed by atoms with van der Waals surface area (Å²) in [5.41, 5.74) is 0. The lowest BCUT2D eigenvalue weighted by molar-refractivity contribution is 0.345. The highest BCUT2D eigenvalue weighted by atomic mass is 14.9. The van der Waals surface area contributed by atoms with E-state index in [1.54, 1.807) is 0 Å². The molecule has 0 aromatic rings. The first-order valence-corrected chi connectivity index (χ1v) is 10.7. The van der Waals surface area contributed by atoms with Crippen molar-refractivity contribution in [3.63, 3.8) is 0 Å². The molecule has 2 heteroatoms. The molecule has 0 aromatic carbocycles. The zero-order chi connectivity index (χ0) is 18.5. The maximum absolute atomic E-state index is 3.81. The Balaban J connectivity index is 3.91. The van der Waals surface area contributed by atoms with Crippen LogP contribution in [0.15, 0.2) is 0 Å². The molecule has 0 rings (SSSR count). The van der Waals surface area contributed by atoms with E-state index in [2.05, 4.69) is 66.0 Å². The highest BCUT2D eigenvalue weighted by Gasteiger charge is 2.13. The molecule has 0 aromatic heterocycles. The summed E-state index contributed by atoms with van der Waals surface area (Å²) in [5.74, 6) is 3.15. The lowest BCUT2D eigenvalue weighted by atomic mass is 9.95. The molecule has 0 aliphatic heterocycles. The lowest BCUT2D eigenvalue weighted by Crippen LogP contribution is -2.34. The number of hydrogen-bond donors (Lipinski definition) is 2. The molecule has 0 aliphatic carbocycles. The van der Waals surface area contributed by atoms with Crippen molar-refractivity contribution in [1.29, 1.82) is 0 Å². The zero-order valence-electron chi connectivity index (χ0n) is 18.1. The van der Waals surface area contributed by atoms with E-state index in [1.807, 2.05) is 0 Å². The van der Waals surface area contributed by atoms with E-state index in [0.717, 1.165) is 23.7 Å². The van der Waals surface area contributed by atoms with Gasteiger partial charge in [0.05, 0.1) is 0 Å². The van der Waals surface area contributed by atoms with Gasteiger partial charge in [0.2, 0.25) is 0 Å². The topological polar surface area (TPSA) is 24.1 Å². The number of hydrogen-bond acceptors (Lipinski definition) is 2. The quantitative estimate of drug-likeness (QED) is 0.364. The van der Waals surface area contributed by atoms with Crippen LogP contribution in [0.4, 0.5) is 0 Å². The van der Waals surface area contributed by atoms with Gasteiger partial charge in [-0.05, 0) is 75.3 Å². The summed E-state index contributed by atoms with van der Waals surface area (Å²) in [6.45, 7) is 21.0. The Kier molecular flexibility index (Phi) is 14.1. The third-order valence-electron chi connectivity index (χ3n) is 4.49. The molecular weight excluding hydrogens is 292 g/mol. The summed E-state index contributed by atoms with van der Waals surface area (Å²) in [6.07, 6.45) is 7.80. The van der Waals surface area contributed by atoms with Gasteiger partial charge in [0.25, 0.3) is 0 Å². The molecule has 2 nitrogen and oxygen atoms in total. The van der Waals surface area contributed by atoms with Crippen LogP contribution in [-0.2, 0) is 0 Å². The van der Waals surface area contributed by atoms with Gasteiger partial charge in [-0.1, -0.05) is 55.4 Å². The second kappa shape index (κ2) is 14.1. The molecule has 0 unspecified atom stereocenters. The first kappa shape index (κ1) is 23.9. The van der Waals surface area contributed by atoms with Crippen LogP contribution in [0.2, 0.25) is 0 Å². The molecule has 0 saturated carbocycles. The Morgan fingerprint density at radius 2 is 0.708 bits per heavy atom. The predicted molar refractivity (Wildman–Crippen MR) is 111 cm³/mol. The average Bonchev–Trinajstić information content (AvgIpc) is 2.39. The Labute approximate surface area is 154 Å². The summed E-state index contributed by atoms with van der Waals surface area (Å²) >= 11 is 0. The summed E-state index contributed by atoms with van der Waals surface area (Å²) in [4.78, 5) is 0. The van der Waals surface area contributed by atoms with Crippen molar-refractivity contribution in [2.75, 3.05) is 13.1 Å². The van der Waals surface area contributed by atoms with E-state index in [4.69, 9.17) is 0 Å². The van der Waals surface area contributed by atoms with Crippen molar-refractivity contribution in [3.8, 4) is 0 Å². The maximum atomic E-state index is 3.81. The smallest absolute Gasteiger partial charge is 0.00719 e. The minimum Gasteiger partial charge on any atom is -0.314 e. The standard InChI is InChI=1S/C22H48N2/c1-17(2)13-21(14-18(3)4)23-11-9-10-12-24-22(15-19(5)6)16-20(7)8/h17-24H,9-16H2,1-8H3. The minimum atomic E-state index is 0.701. The number of unbranched alkanes of at least 4 members (excludes halogenated alkanes) is 1. The van der Waals surface area contributed by atoms with Gasteiger partial charge in [-0.2, -0.15) is 0 Å². The zero-order valence-corrected chi connectivity index (χ0v) is 18.1. The van der Waals surface area contributed by atoms with Gasteiger partial charge in [0, 0.05) is 12.1 Å². The van der Waals surface area contributed by atoms with Crippen molar-refractivity contribution in [2.24, 2.45) is 23.7 Å². The van der Waals surface area contributed by atoms with Crippen molar-refractivity contribution in [3.05, 3.63) is 0 Å². The normalized spacial score (nSPS) is 12.8. The van der Waals surface area contributed by atoms with E-state index in [9.17, 15) is 0 Å². The first-order chi connectivity index (χ1) is 11.2. The molecule has 0 saturated heterocycles. The van der Waals surface area contributed by atoms with Crippen LogP contribution in [0.1, 0.15) is 93.9 Å². The van der Waals surface area contributed by atoms with E-state index in [1.165, 1.54) is 51.6 Å². The molecule has 0 atom stereocenters. The molecule has 0 heterocycles. The molecule has 0 aliphatic rings. The van der Waals surface area contributed by atoms with E-state index in [0.29, 0.717) is 12.1 Å². The first-order valence-electron chi connectivity index (χ1n) is 10.7. The number of rotatable bonds is 15. The Morgan fingerprint density at radius 1 is 0.458 bits per heavy atom. The van der Waals surface area contributed by atoms with Gasteiger partial charge in [0.15, 0.2) is 0 Å². The maximum Gasteiger partial charge on any atom is 0.00719 e. The summed E-state index contributed by atoms with van der Waals surface area (Å²) < 4.78 is 0. The Morgan fingerprint density at radius 3 is 0.917 bits per heavy atom. The predicted octanol–water partition coefficient (Wildman–Crippen LogP) is 5.87. The Hall–Kier alpha value is -0.0800. The van der Waals surface area contributed by atoms with Crippen LogP contribution < -0.4 is 10.6 Å². The van der Waals surface area contributed by atoms with Crippen LogP contribution in [0.5, 0.6) is 0 Å². The summed E-state index contributed by atoms with van der Waals surface area (Å²) in [6, 6.07) is 1.40. The van der Waals surface area contributed by atoms with Crippen LogP contribution in [-0.4, -0.2) is 25.2 Å². The van der Waals surface area contributed by atoms with Crippen molar-refractivity contribution in [1.82, 2.24) is 10.6 Å². The molecule has 24 heavy (non-hydrogen) atoms. The van der Waals surface area contributed by atoms with Crippen molar-refractivity contribution >= 4 is 0 Å². The molecule has 146 valence electrons. The van der Waals surface area contributed by atoms with Gasteiger partial charge in [0.1, 0.15) is 0 Å². The third-order valence-corrected chi connectivity index (χ3v) is 4.49. The SMILES string of the molecule is CC(C)CC(CC(C)C)NCCCCNC(CC(C)C)CC(C)C. The van der Waals surface area contributed by atoms with Gasteiger partial charge in [-0.15, -0.1) is 0 Å². The molecule has 0 amide bonds. The fraction of sp³-hybridized carbons (Fsp3) is 1.00. The molecule has 0 radical (unpaired) electrons.